The van der Waals surface area contributed by atoms with Crippen molar-refractivity contribution in [3.63, 3.8) is 0 Å². The maximum Gasteiger partial charge on any atom is 0.307 e. The zero-order valence-electron chi connectivity index (χ0n) is 8.36. The van der Waals surface area contributed by atoms with E-state index < -0.39 is 5.97 Å². The minimum atomic E-state index is -0.884. The van der Waals surface area contributed by atoms with Gasteiger partial charge in [-0.3, -0.25) is 4.79 Å². The summed E-state index contributed by atoms with van der Waals surface area (Å²) < 4.78 is 5.08. The summed E-state index contributed by atoms with van der Waals surface area (Å²) >= 11 is 0. The van der Waals surface area contributed by atoms with Crippen LogP contribution in [0.3, 0.4) is 0 Å². The molecule has 1 aromatic carbocycles. The fourth-order valence-corrected chi connectivity index (χ4v) is 1.30. The van der Waals surface area contributed by atoms with E-state index in [1.807, 2.05) is 6.07 Å². The summed E-state index contributed by atoms with van der Waals surface area (Å²) in [6.45, 7) is 0. The standard InChI is InChI=1S/C11H11NO3/c1-15-10-6-8(7-11(13)14)2-3-9(10)4-5-12/h2-3,6H,4,7H2,1H3,(H,13,14). The molecule has 0 unspecified atom stereocenters. The quantitative estimate of drug-likeness (QED) is 0.806. The monoisotopic (exact) mass is 205 g/mol. The summed E-state index contributed by atoms with van der Waals surface area (Å²) in [5, 5.41) is 17.2. The first-order chi connectivity index (χ1) is 7.17. The largest absolute Gasteiger partial charge is 0.496 e. The lowest BCUT2D eigenvalue weighted by Gasteiger charge is -2.07. The molecule has 0 aliphatic heterocycles. The third kappa shape index (κ3) is 2.99. The number of rotatable bonds is 4. The van der Waals surface area contributed by atoms with Crippen LogP contribution in [0.25, 0.3) is 0 Å². The number of carbonyl (C=O) groups is 1. The van der Waals surface area contributed by atoms with Gasteiger partial charge in [0.15, 0.2) is 0 Å². The lowest BCUT2D eigenvalue weighted by Crippen LogP contribution is -2.01. The highest BCUT2D eigenvalue weighted by molar-refractivity contribution is 5.70. The van der Waals surface area contributed by atoms with Crippen LogP contribution in [0.4, 0.5) is 0 Å². The Bertz CT molecular complexity index is 407. The molecule has 1 rings (SSSR count). The molecular weight excluding hydrogens is 194 g/mol. The van der Waals surface area contributed by atoms with Crippen molar-refractivity contribution >= 4 is 5.97 Å². The van der Waals surface area contributed by atoms with Gasteiger partial charge in [0.1, 0.15) is 5.75 Å². The van der Waals surface area contributed by atoms with E-state index in [1.165, 1.54) is 7.11 Å². The van der Waals surface area contributed by atoms with E-state index in [-0.39, 0.29) is 12.8 Å². The average molecular weight is 205 g/mol. The molecule has 1 aromatic rings. The minimum Gasteiger partial charge on any atom is -0.496 e. The molecule has 4 heteroatoms. The first kappa shape index (κ1) is 11.1. The summed E-state index contributed by atoms with van der Waals surface area (Å²) in [6.07, 6.45) is 0.222. The van der Waals surface area contributed by atoms with Crippen molar-refractivity contribution in [2.75, 3.05) is 7.11 Å². The summed E-state index contributed by atoms with van der Waals surface area (Å²) in [4.78, 5) is 10.5. The van der Waals surface area contributed by atoms with Gasteiger partial charge in [-0.15, -0.1) is 0 Å². The van der Waals surface area contributed by atoms with Crippen molar-refractivity contribution in [3.8, 4) is 11.8 Å². The Balaban J connectivity index is 2.97. The van der Waals surface area contributed by atoms with Crippen molar-refractivity contribution in [2.45, 2.75) is 12.8 Å². The highest BCUT2D eigenvalue weighted by atomic mass is 16.5. The minimum absolute atomic E-state index is 0.0385. The maximum atomic E-state index is 10.5. The molecule has 0 saturated heterocycles. The van der Waals surface area contributed by atoms with E-state index in [4.69, 9.17) is 15.1 Å². The first-order valence-corrected chi connectivity index (χ1v) is 4.42. The summed E-state index contributed by atoms with van der Waals surface area (Å²) in [7, 11) is 1.50. The van der Waals surface area contributed by atoms with Crippen LogP contribution in [0.1, 0.15) is 11.1 Å². The van der Waals surface area contributed by atoms with E-state index in [2.05, 4.69) is 0 Å². The van der Waals surface area contributed by atoms with Crippen molar-refractivity contribution in [1.29, 1.82) is 5.26 Å². The molecule has 78 valence electrons. The Morgan fingerprint density at radius 1 is 1.60 bits per heavy atom. The van der Waals surface area contributed by atoms with Crippen LogP contribution in [-0.4, -0.2) is 18.2 Å². The topological polar surface area (TPSA) is 70.3 Å². The molecule has 0 bridgehead atoms. The number of carboxylic acid groups (broad SMARTS) is 1. The third-order valence-electron chi connectivity index (χ3n) is 1.98. The van der Waals surface area contributed by atoms with Gasteiger partial charge in [-0.1, -0.05) is 12.1 Å². The van der Waals surface area contributed by atoms with Gasteiger partial charge in [0.2, 0.25) is 0 Å². The highest BCUT2D eigenvalue weighted by Crippen LogP contribution is 2.20. The summed E-state index contributed by atoms with van der Waals surface area (Å²) in [5.74, 6) is -0.319. The number of nitrogens with zero attached hydrogens (tertiary/aromatic N) is 1. The molecule has 0 aromatic heterocycles. The predicted octanol–water partition coefficient (Wildman–Crippen LogP) is 1.39. The molecule has 0 aliphatic carbocycles. The molecule has 0 atom stereocenters. The van der Waals surface area contributed by atoms with E-state index in [0.717, 1.165) is 5.56 Å². The summed E-state index contributed by atoms with van der Waals surface area (Å²) in [5.41, 5.74) is 1.44. The zero-order chi connectivity index (χ0) is 11.3. The Morgan fingerprint density at radius 2 is 2.33 bits per heavy atom. The van der Waals surface area contributed by atoms with Gasteiger partial charge in [-0.2, -0.15) is 5.26 Å². The number of nitriles is 1. The number of carboxylic acids is 1. The van der Waals surface area contributed by atoms with Crippen LogP contribution >= 0.6 is 0 Å². The number of methoxy groups -OCH3 is 1. The molecule has 0 spiro atoms. The van der Waals surface area contributed by atoms with Crippen LogP contribution < -0.4 is 4.74 Å². The molecule has 4 nitrogen and oxygen atoms in total. The lowest BCUT2D eigenvalue weighted by molar-refractivity contribution is -0.136. The molecule has 0 aliphatic rings. The van der Waals surface area contributed by atoms with Crippen molar-refractivity contribution in [2.24, 2.45) is 0 Å². The Morgan fingerprint density at radius 3 is 2.87 bits per heavy atom. The van der Waals surface area contributed by atoms with Gasteiger partial charge in [-0.05, 0) is 11.6 Å². The molecule has 0 fully saturated rings. The fraction of sp³-hybridized carbons (Fsp3) is 0.273. The fourth-order valence-electron chi connectivity index (χ4n) is 1.30. The second kappa shape index (κ2) is 5.01. The number of hydrogen-bond donors (Lipinski definition) is 1. The molecule has 15 heavy (non-hydrogen) atoms. The molecular formula is C11H11NO3. The van der Waals surface area contributed by atoms with Gasteiger partial charge in [0, 0.05) is 5.56 Å². The van der Waals surface area contributed by atoms with E-state index in [0.29, 0.717) is 11.3 Å². The van der Waals surface area contributed by atoms with E-state index >= 15 is 0 Å². The van der Waals surface area contributed by atoms with Crippen LogP contribution in [-0.2, 0) is 17.6 Å². The van der Waals surface area contributed by atoms with E-state index in [9.17, 15) is 4.79 Å². The Kier molecular flexibility index (Phi) is 3.69. The second-order valence-corrected chi connectivity index (χ2v) is 3.05. The van der Waals surface area contributed by atoms with Crippen molar-refractivity contribution < 1.29 is 14.6 Å². The van der Waals surface area contributed by atoms with Crippen LogP contribution in [0.5, 0.6) is 5.75 Å². The normalized spacial score (nSPS) is 9.33. The number of benzene rings is 1. The number of aliphatic carboxylic acids is 1. The second-order valence-electron chi connectivity index (χ2n) is 3.05. The van der Waals surface area contributed by atoms with Gasteiger partial charge in [-0.25, -0.2) is 0 Å². The number of ether oxygens (including phenoxy) is 1. The van der Waals surface area contributed by atoms with Crippen molar-refractivity contribution in [3.05, 3.63) is 29.3 Å². The average Bonchev–Trinajstić information content (AvgIpc) is 2.20. The Labute approximate surface area is 87.7 Å². The molecule has 1 N–H and O–H groups in total. The van der Waals surface area contributed by atoms with Gasteiger partial charge < -0.3 is 9.84 Å². The Hall–Kier alpha value is -2.02. The zero-order valence-corrected chi connectivity index (χ0v) is 8.36. The third-order valence-corrected chi connectivity index (χ3v) is 1.98. The first-order valence-electron chi connectivity index (χ1n) is 4.42. The predicted molar refractivity (Wildman–Crippen MR) is 53.7 cm³/mol. The van der Waals surface area contributed by atoms with Gasteiger partial charge in [0.05, 0.1) is 26.0 Å². The molecule has 0 radical (unpaired) electrons. The highest BCUT2D eigenvalue weighted by Gasteiger charge is 2.06. The molecule has 0 heterocycles. The summed E-state index contributed by atoms with van der Waals surface area (Å²) in [6, 6.07) is 7.10. The lowest BCUT2D eigenvalue weighted by atomic mass is 10.1. The SMILES string of the molecule is COc1cc(CC(=O)O)ccc1CC#N. The van der Waals surface area contributed by atoms with Crippen LogP contribution in [0, 0.1) is 11.3 Å². The van der Waals surface area contributed by atoms with Gasteiger partial charge >= 0.3 is 5.97 Å². The smallest absolute Gasteiger partial charge is 0.307 e. The van der Waals surface area contributed by atoms with Crippen LogP contribution in [0.15, 0.2) is 18.2 Å². The molecule has 0 amide bonds. The number of hydrogen-bond acceptors (Lipinski definition) is 3. The van der Waals surface area contributed by atoms with Crippen LogP contribution in [0.2, 0.25) is 0 Å². The van der Waals surface area contributed by atoms with Crippen molar-refractivity contribution in [1.82, 2.24) is 0 Å². The molecule has 0 saturated carbocycles. The maximum absolute atomic E-state index is 10.5. The van der Waals surface area contributed by atoms with Gasteiger partial charge in [0.25, 0.3) is 0 Å². The van der Waals surface area contributed by atoms with E-state index in [1.54, 1.807) is 18.2 Å².